The second-order valence-corrected chi connectivity index (χ2v) is 4.14. The van der Waals surface area contributed by atoms with Gasteiger partial charge in [0.2, 0.25) is 0 Å². The Morgan fingerprint density at radius 2 is 2.19 bits per heavy atom. The molecule has 4 nitrogen and oxygen atoms in total. The molecule has 3 rings (SSSR count). The van der Waals surface area contributed by atoms with E-state index in [1.54, 1.807) is 6.26 Å². The summed E-state index contributed by atoms with van der Waals surface area (Å²) in [6.07, 6.45) is 4.76. The number of aromatic nitrogens is 2. The highest BCUT2D eigenvalue weighted by molar-refractivity contribution is 5.57. The molecule has 1 aliphatic rings. The molecule has 0 atom stereocenters. The maximum absolute atomic E-state index is 5.94. The minimum absolute atomic E-state index is 0.605. The molecule has 0 amide bonds. The lowest BCUT2D eigenvalue weighted by atomic mass is 10.2. The van der Waals surface area contributed by atoms with Crippen LogP contribution < -0.4 is 5.73 Å². The Labute approximate surface area is 93.5 Å². The molecule has 2 heterocycles. The quantitative estimate of drug-likeness (QED) is 0.791. The van der Waals surface area contributed by atoms with Crippen LogP contribution in [0.1, 0.15) is 23.2 Å². The molecule has 0 aliphatic heterocycles. The normalized spacial score (nSPS) is 14.1. The van der Waals surface area contributed by atoms with Crippen LogP contribution in [0.2, 0.25) is 0 Å². The van der Waals surface area contributed by atoms with Gasteiger partial charge in [-0.05, 0) is 37.8 Å². The van der Waals surface area contributed by atoms with E-state index < -0.39 is 0 Å². The molecule has 2 aromatic rings. The number of fused-ring (bicyclic) bond motifs is 1. The van der Waals surface area contributed by atoms with Crippen LogP contribution in [-0.2, 0) is 12.8 Å². The van der Waals surface area contributed by atoms with E-state index in [0.29, 0.717) is 11.6 Å². The van der Waals surface area contributed by atoms with Gasteiger partial charge in [0.05, 0.1) is 6.26 Å². The van der Waals surface area contributed by atoms with E-state index >= 15 is 0 Å². The van der Waals surface area contributed by atoms with E-state index in [4.69, 9.17) is 10.2 Å². The Kier molecular flexibility index (Phi) is 1.96. The first-order valence-corrected chi connectivity index (χ1v) is 5.45. The van der Waals surface area contributed by atoms with Crippen molar-refractivity contribution in [2.24, 2.45) is 0 Å². The number of furan rings is 1. The number of nitrogens with two attached hydrogens (primary N) is 1. The fourth-order valence-electron chi connectivity index (χ4n) is 2.16. The van der Waals surface area contributed by atoms with Gasteiger partial charge in [-0.15, -0.1) is 0 Å². The second kappa shape index (κ2) is 3.33. The highest BCUT2D eigenvalue weighted by Crippen LogP contribution is 2.28. The SMILES string of the molecule is Cc1ccoc1-c1nc(N)c2c(n1)CCC2. The third kappa shape index (κ3) is 1.30. The zero-order chi connectivity index (χ0) is 11.1. The molecule has 2 N–H and O–H groups in total. The molecule has 82 valence electrons. The fraction of sp³-hybridized carbons (Fsp3) is 0.333. The summed E-state index contributed by atoms with van der Waals surface area (Å²) >= 11 is 0. The van der Waals surface area contributed by atoms with Crippen LogP contribution in [0.3, 0.4) is 0 Å². The molecule has 0 saturated heterocycles. The van der Waals surface area contributed by atoms with Gasteiger partial charge in [0, 0.05) is 11.3 Å². The summed E-state index contributed by atoms with van der Waals surface area (Å²) in [6, 6.07) is 1.90. The van der Waals surface area contributed by atoms with E-state index in [0.717, 1.165) is 41.8 Å². The predicted octanol–water partition coefficient (Wildman–Crippen LogP) is 2.12. The third-order valence-corrected chi connectivity index (χ3v) is 3.03. The molecule has 1 aliphatic carbocycles. The van der Waals surface area contributed by atoms with Gasteiger partial charge in [-0.2, -0.15) is 0 Å². The van der Waals surface area contributed by atoms with E-state index in [9.17, 15) is 0 Å². The molecular weight excluding hydrogens is 202 g/mol. The van der Waals surface area contributed by atoms with E-state index in [2.05, 4.69) is 9.97 Å². The zero-order valence-electron chi connectivity index (χ0n) is 9.16. The lowest BCUT2D eigenvalue weighted by Gasteiger charge is -2.05. The third-order valence-electron chi connectivity index (χ3n) is 3.03. The largest absolute Gasteiger partial charge is 0.461 e. The Bertz CT molecular complexity index is 545. The van der Waals surface area contributed by atoms with E-state index in [-0.39, 0.29) is 0 Å². The number of nitrogens with zero attached hydrogens (tertiary/aromatic N) is 2. The Morgan fingerprint density at radius 1 is 1.31 bits per heavy atom. The van der Waals surface area contributed by atoms with Gasteiger partial charge in [0.25, 0.3) is 0 Å². The number of aryl methyl sites for hydroxylation is 2. The van der Waals surface area contributed by atoms with Gasteiger partial charge < -0.3 is 10.2 Å². The van der Waals surface area contributed by atoms with Crippen LogP contribution in [0, 0.1) is 6.92 Å². The number of hydrogen-bond acceptors (Lipinski definition) is 4. The fourth-order valence-corrected chi connectivity index (χ4v) is 2.16. The van der Waals surface area contributed by atoms with E-state index in [1.165, 1.54) is 0 Å². The van der Waals surface area contributed by atoms with Gasteiger partial charge in [0.1, 0.15) is 5.82 Å². The molecule has 16 heavy (non-hydrogen) atoms. The smallest absolute Gasteiger partial charge is 0.198 e. The van der Waals surface area contributed by atoms with Crippen molar-refractivity contribution in [3.05, 3.63) is 29.2 Å². The van der Waals surface area contributed by atoms with Crippen molar-refractivity contribution in [1.82, 2.24) is 9.97 Å². The van der Waals surface area contributed by atoms with Crippen LogP contribution in [0.5, 0.6) is 0 Å². The molecule has 0 fully saturated rings. The first-order valence-electron chi connectivity index (χ1n) is 5.45. The number of anilines is 1. The summed E-state index contributed by atoms with van der Waals surface area (Å²) in [5.74, 6) is 1.94. The Hall–Kier alpha value is -1.84. The van der Waals surface area contributed by atoms with Crippen molar-refractivity contribution in [3.63, 3.8) is 0 Å². The standard InChI is InChI=1S/C12H13N3O/c1-7-5-6-16-10(7)12-14-9-4-2-3-8(9)11(13)15-12/h5-6H,2-4H2,1H3,(H2,13,14,15). The highest BCUT2D eigenvalue weighted by atomic mass is 16.3. The van der Waals surface area contributed by atoms with Crippen molar-refractivity contribution in [2.75, 3.05) is 5.73 Å². The maximum Gasteiger partial charge on any atom is 0.198 e. The second-order valence-electron chi connectivity index (χ2n) is 4.14. The number of nitrogen functional groups attached to an aromatic ring is 1. The maximum atomic E-state index is 5.94. The van der Waals surface area contributed by atoms with Crippen LogP contribution in [-0.4, -0.2) is 9.97 Å². The highest BCUT2D eigenvalue weighted by Gasteiger charge is 2.19. The van der Waals surface area contributed by atoms with Crippen LogP contribution in [0.25, 0.3) is 11.6 Å². The van der Waals surface area contributed by atoms with Crippen molar-refractivity contribution in [1.29, 1.82) is 0 Å². The zero-order valence-corrected chi connectivity index (χ0v) is 9.16. The molecule has 0 saturated carbocycles. The van der Waals surface area contributed by atoms with Gasteiger partial charge >= 0.3 is 0 Å². The molecule has 4 heteroatoms. The van der Waals surface area contributed by atoms with Crippen LogP contribution in [0.4, 0.5) is 5.82 Å². The number of rotatable bonds is 1. The van der Waals surface area contributed by atoms with Crippen molar-refractivity contribution >= 4 is 5.82 Å². The van der Waals surface area contributed by atoms with E-state index in [1.807, 2.05) is 13.0 Å². The molecule has 0 spiro atoms. The molecular formula is C12H13N3O. The van der Waals surface area contributed by atoms with Gasteiger partial charge in [-0.25, -0.2) is 9.97 Å². The van der Waals surface area contributed by atoms with Gasteiger partial charge in [0.15, 0.2) is 11.6 Å². The first-order chi connectivity index (χ1) is 7.75. The summed E-state index contributed by atoms with van der Waals surface area (Å²) in [5, 5.41) is 0. The molecule has 0 radical (unpaired) electrons. The summed E-state index contributed by atoms with van der Waals surface area (Å²) < 4.78 is 5.38. The van der Waals surface area contributed by atoms with Gasteiger partial charge in [-0.3, -0.25) is 0 Å². The molecule has 0 unspecified atom stereocenters. The summed E-state index contributed by atoms with van der Waals surface area (Å²) in [7, 11) is 0. The predicted molar refractivity (Wildman–Crippen MR) is 60.9 cm³/mol. The van der Waals surface area contributed by atoms with Crippen LogP contribution in [0.15, 0.2) is 16.7 Å². The molecule has 0 aromatic carbocycles. The lowest BCUT2D eigenvalue weighted by molar-refractivity contribution is 0.575. The summed E-state index contributed by atoms with van der Waals surface area (Å²) in [5.41, 5.74) is 9.18. The Balaban J connectivity index is 2.17. The molecule has 0 bridgehead atoms. The first kappa shape index (κ1) is 9.39. The summed E-state index contributed by atoms with van der Waals surface area (Å²) in [6.45, 7) is 1.98. The molecule has 2 aromatic heterocycles. The minimum Gasteiger partial charge on any atom is -0.461 e. The monoisotopic (exact) mass is 215 g/mol. The topological polar surface area (TPSA) is 64.9 Å². The van der Waals surface area contributed by atoms with Crippen molar-refractivity contribution < 1.29 is 4.42 Å². The Morgan fingerprint density at radius 3 is 2.94 bits per heavy atom. The summed E-state index contributed by atoms with van der Waals surface area (Å²) in [4.78, 5) is 8.85. The van der Waals surface area contributed by atoms with Crippen LogP contribution >= 0.6 is 0 Å². The van der Waals surface area contributed by atoms with Crippen molar-refractivity contribution in [2.45, 2.75) is 26.2 Å². The average molecular weight is 215 g/mol. The lowest BCUT2D eigenvalue weighted by Crippen LogP contribution is -2.02. The minimum atomic E-state index is 0.605. The van der Waals surface area contributed by atoms with Crippen molar-refractivity contribution in [3.8, 4) is 11.6 Å². The van der Waals surface area contributed by atoms with Gasteiger partial charge in [-0.1, -0.05) is 0 Å². The average Bonchev–Trinajstić information content (AvgIpc) is 2.85. The number of hydrogen-bond donors (Lipinski definition) is 1.